The van der Waals surface area contributed by atoms with Crippen molar-refractivity contribution in [3.05, 3.63) is 0 Å². The highest BCUT2D eigenvalue weighted by atomic mass is 16.4. The maximum atomic E-state index is 14.8. The van der Waals surface area contributed by atoms with Crippen LogP contribution >= 0.6 is 0 Å². The Morgan fingerprint density at radius 2 is 0.796 bits per heavy atom. The Labute approximate surface area is 294 Å². The summed E-state index contributed by atoms with van der Waals surface area (Å²) in [7, 11) is 5.81. The molecule has 3 rings (SSSR count). The molecule has 11 heteroatoms. The van der Waals surface area contributed by atoms with Gasteiger partial charge in [0.2, 0.25) is 0 Å². The first-order chi connectivity index (χ1) is 21.8. The lowest BCUT2D eigenvalue weighted by atomic mass is 9.38. The lowest BCUT2D eigenvalue weighted by Crippen LogP contribution is -2.78. The number of aliphatic carboxylic acids is 4. The molecule has 282 valence electrons. The van der Waals surface area contributed by atoms with Gasteiger partial charge in [0, 0.05) is 73.9 Å². The number of rotatable bonds is 10. The van der Waals surface area contributed by atoms with Crippen LogP contribution in [-0.2, 0) is 19.2 Å². The van der Waals surface area contributed by atoms with Gasteiger partial charge in [-0.3, -0.25) is 14.7 Å². The molecule has 49 heavy (non-hydrogen) atoms. The number of hydrogen-bond acceptors (Lipinski definition) is 11. The smallest absolute Gasteiger partial charge is 0.0495 e. The van der Waals surface area contributed by atoms with E-state index in [4.69, 9.17) is 0 Å². The number of carbonyl (C=O) groups is 4. The lowest BCUT2D eigenvalue weighted by molar-refractivity contribution is -0.377. The zero-order chi connectivity index (χ0) is 38.3. The molecule has 0 aromatic rings. The topological polar surface area (TPSA) is 170 Å². The maximum Gasteiger partial charge on any atom is 0.0495 e. The number of nitrogens with zero attached hydrogens (tertiary/aromatic N) is 3. The first-order valence-corrected chi connectivity index (χ1v) is 17.8. The van der Waals surface area contributed by atoms with Crippen LogP contribution in [0.25, 0.3) is 0 Å². The van der Waals surface area contributed by atoms with Crippen LogP contribution in [0, 0.1) is 34.5 Å². The number of carboxylic acids is 4. The Kier molecular flexibility index (Phi) is 10.5. The molecule has 3 aliphatic heterocycles. The predicted molar refractivity (Wildman–Crippen MR) is 179 cm³/mol. The van der Waals surface area contributed by atoms with Crippen LogP contribution in [0.2, 0.25) is 0 Å². The highest BCUT2D eigenvalue weighted by molar-refractivity contribution is 5.92. The molecule has 0 aliphatic carbocycles. The van der Waals surface area contributed by atoms with Gasteiger partial charge in [0.1, 0.15) is 0 Å². The van der Waals surface area contributed by atoms with E-state index in [9.17, 15) is 39.6 Å². The molecule has 2 atom stereocenters. The van der Waals surface area contributed by atoms with Crippen LogP contribution in [0.5, 0.6) is 0 Å². The first kappa shape index (κ1) is 41.2. The van der Waals surface area contributed by atoms with Gasteiger partial charge in [-0.15, -0.1) is 0 Å². The van der Waals surface area contributed by atoms with E-state index in [2.05, 4.69) is 14.7 Å². The standard InChI is InChI=1S/C38H67N3O8/c1-31(2)17-23(18-32(3,4)39(31)13)37(29(46)47,24-19-33(5,6)40(14)34(7,8)20-24)38(30(48)49,26(28(44)45)16-27(42)43)25-21-35(9,10)41(15)36(11,12)22-25/h23-26H,16-22H2,1-15H3,(H,42,43)(H,44,45)(H,46,47)(H,48,49)/p-4. The van der Waals surface area contributed by atoms with Gasteiger partial charge in [0.05, 0.1) is 0 Å². The van der Waals surface area contributed by atoms with Gasteiger partial charge < -0.3 is 39.6 Å². The summed E-state index contributed by atoms with van der Waals surface area (Å²) in [6, 6.07) is 0. The normalized spacial score (nSPS) is 28.3. The van der Waals surface area contributed by atoms with Crippen LogP contribution in [0.3, 0.4) is 0 Å². The zero-order valence-electron chi connectivity index (χ0n) is 32.9. The van der Waals surface area contributed by atoms with E-state index in [-0.39, 0.29) is 38.5 Å². The van der Waals surface area contributed by atoms with Crippen LogP contribution in [0.4, 0.5) is 0 Å². The molecule has 0 bridgehead atoms. The van der Waals surface area contributed by atoms with Crippen molar-refractivity contribution in [2.75, 3.05) is 21.1 Å². The van der Waals surface area contributed by atoms with Crippen molar-refractivity contribution >= 4 is 23.9 Å². The molecule has 0 saturated carbocycles. The Morgan fingerprint density at radius 3 is 1.00 bits per heavy atom. The average Bonchev–Trinajstić information content (AvgIpc) is 2.89. The van der Waals surface area contributed by atoms with Gasteiger partial charge in [-0.05, 0) is 167 Å². The summed E-state index contributed by atoms with van der Waals surface area (Å²) < 4.78 is 0. The average molecular weight is 690 g/mol. The summed E-state index contributed by atoms with van der Waals surface area (Å²) >= 11 is 0. The second-order valence-corrected chi connectivity index (χ2v) is 19.6. The van der Waals surface area contributed by atoms with Gasteiger partial charge >= 0.3 is 0 Å². The molecular weight excluding hydrogens is 626 g/mol. The van der Waals surface area contributed by atoms with Crippen LogP contribution in [-0.4, -0.2) is 93.0 Å². The molecule has 3 aliphatic rings. The van der Waals surface area contributed by atoms with E-state index >= 15 is 0 Å². The number of likely N-dealkylation sites (tertiary alicyclic amines) is 3. The quantitative estimate of drug-likeness (QED) is 0.316. The number of piperidine rings is 3. The Morgan fingerprint density at radius 1 is 0.531 bits per heavy atom. The molecule has 0 aromatic carbocycles. The van der Waals surface area contributed by atoms with E-state index in [0.717, 1.165) is 0 Å². The third-order valence-corrected chi connectivity index (χ3v) is 14.4. The van der Waals surface area contributed by atoms with E-state index < -0.39 is 98.0 Å². The maximum absolute atomic E-state index is 14.8. The summed E-state index contributed by atoms with van der Waals surface area (Å²) in [5.74, 6) is -12.6. The highest BCUT2D eigenvalue weighted by Crippen LogP contribution is 2.69. The number of carbonyl (C=O) groups excluding carboxylic acids is 4. The second-order valence-electron chi connectivity index (χ2n) is 19.6. The fraction of sp³-hybridized carbons (Fsp3) is 0.895. The van der Waals surface area contributed by atoms with Crippen LogP contribution < -0.4 is 20.4 Å². The molecule has 3 saturated heterocycles. The molecule has 0 amide bonds. The summed E-state index contributed by atoms with van der Waals surface area (Å²) in [6.45, 7) is 23.5. The van der Waals surface area contributed by atoms with Gasteiger partial charge in [-0.25, -0.2) is 0 Å². The third-order valence-electron chi connectivity index (χ3n) is 14.4. The minimum atomic E-state index is -2.76. The van der Waals surface area contributed by atoms with E-state index in [1.165, 1.54) is 0 Å². The Bertz CT molecular complexity index is 1240. The SMILES string of the molecule is CN1C(C)(C)CC(C(C(=O)[O-])(C2CC(C)(C)N(C)C(C)(C)C2)C(C(=O)[O-])(C2CC(C)(C)N(C)C(C)(C)C2)C(CC(=O)[O-])C(=O)[O-])CC1(C)C. The predicted octanol–water partition coefficient (Wildman–Crippen LogP) is 0.662. The second kappa shape index (κ2) is 12.5. The molecule has 11 nitrogen and oxygen atoms in total. The Hall–Kier alpha value is -2.24. The van der Waals surface area contributed by atoms with Crippen molar-refractivity contribution in [1.29, 1.82) is 0 Å². The summed E-state index contributed by atoms with van der Waals surface area (Å²) in [4.78, 5) is 61.9. The zero-order valence-corrected chi connectivity index (χ0v) is 32.9. The number of hydrogen-bond donors (Lipinski definition) is 0. The van der Waals surface area contributed by atoms with Gasteiger partial charge in [-0.2, -0.15) is 0 Å². The van der Waals surface area contributed by atoms with Gasteiger partial charge in [0.15, 0.2) is 0 Å². The monoisotopic (exact) mass is 689 g/mol. The largest absolute Gasteiger partial charge is 0.550 e. The molecule has 2 unspecified atom stereocenters. The van der Waals surface area contributed by atoms with Crippen LogP contribution in [0.1, 0.15) is 128 Å². The Balaban J connectivity index is 2.71. The molecule has 0 radical (unpaired) electrons. The fourth-order valence-corrected chi connectivity index (χ4v) is 11.6. The van der Waals surface area contributed by atoms with Gasteiger partial charge in [-0.1, -0.05) is 0 Å². The van der Waals surface area contributed by atoms with Crippen molar-refractivity contribution in [2.45, 2.75) is 161 Å². The summed E-state index contributed by atoms with van der Waals surface area (Å²) in [5.41, 5.74) is -9.26. The van der Waals surface area contributed by atoms with E-state index in [1.807, 2.05) is 104 Å². The molecule has 0 N–H and O–H groups in total. The van der Waals surface area contributed by atoms with E-state index in [1.54, 1.807) is 0 Å². The van der Waals surface area contributed by atoms with Crippen molar-refractivity contribution in [3.63, 3.8) is 0 Å². The number of carboxylic acid groups (broad SMARTS) is 4. The fourth-order valence-electron chi connectivity index (χ4n) is 11.6. The van der Waals surface area contributed by atoms with Gasteiger partial charge in [0.25, 0.3) is 0 Å². The van der Waals surface area contributed by atoms with Crippen molar-refractivity contribution in [3.8, 4) is 0 Å². The summed E-state index contributed by atoms with van der Waals surface area (Å²) in [6.07, 6.45) is -0.281. The summed E-state index contributed by atoms with van der Waals surface area (Å²) in [5, 5.41) is 55.5. The molecule has 3 fully saturated rings. The highest BCUT2D eigenvalue weighted by Gasteiger charge is 2.71. The molecule has 0 spiro atoms. The molecule has 3 heterocycles. The lowest BCUT2D eigenvalue weighted by Gasteiger charge is -2.72. The third kappa shape index (κ3) is 6.43. The van der Waals surface area contributed by atoms with Crippen molar-refractivity contribution < 1.29 is 39.6 Å². The van der Waals surface area contributed by atoms with Crippen molar-refractivity contribution in [1.82, 2.24) is 14.7 Å². The first-order valence-electron chi connectivity index (χ1n) is 17.8. The van der Waals surface area contributed by atoms with Crippen molar-refractivity contribution in [2.24, 2.45) is 34.5 Å². The van der Waals surface area contributed by atoms with E-state index in [0.29, 0.717) is 0 Å². The minimum absolute atomic E-state index is 0.0750. The molecular formula is C38H63N3O8-4. The molecule has 0 aromatic heterocycles. The minimum Gasteiger partial charge on any atom is -0.550 e. The van der Waals surface area contributed by atoms with Crippen LogP contribution in [0.15, 0.2) is 0 Å².